The van der Waals surface area contributed by atoms with Crippen LogP contribution in [0.25, 0.3) is 10.9 Å². The maximum absolute atomic E-state index is 13.1. The van der Waals surface area contributed by atoms with Crippen molar-refractivity contribution in [3.05, 3.63) is 94.1 Å². The van der Waals surface area contributed by atoms with Crippen LogP contribution in [0.4, 0.5) is 5.69 Å². The highest BCUT2D eigenvalue weighted by Crippen LogP contribution is 2.36. The number of aromatic nitrogens is 1. The summed E-state index contributed by atoms with van der Waals surface area (Å²) in [5, 5.41) is 14.6. The fourth-order valence-electron chi connectivity index (χ4n) is 5.59. The van der Waals surface area contributed by atoms with Gasteiger partial charge in [-0.1, -0.05) is 41.9 Å². The number of aliphatic carboxylic acids is 1. The topological polar surface area (TPSA) is 97.6 Å². The molecular weight excluding hydrogens is 540 g/mol. The van der Waals surface area contributed by atoms with Gasteiger partial charge in [-0.25, -0.2) is 0 Å². The number of carbonyl (C=O) groups excluding carboxylic acids is 2. The van der Waals surface area contributed by atoms with E-state index in [2.05, 4.69) is 5.32 Å². The normalized spacial score (nSPS) is 15.3. The van der Waals surface area contributed by atoms with Crippen LogP contribution in [0.2, 0.25) is 5.02 Å². The van der Waals surface area contributed by atoms with E-state index in [9.17, 15) is 19.5 Å². The van der Waals surface area contributed by atoms with Gasteiger partial charge in [0.05, 0.1) is 11.5 Å². The Morgan fingerprint density at radius 1 is 1.07 bits per heavy atom. The van der Waals surface area contributed by atoms with Crippen LogP contribution < -0.4 is 10.1 Å². The van der Waals surface area contributed by atoms with Crippen molar-refractivity contribution in [2.24, 2.45) is 5.41 Å². The SMILES string of the molecule is CC(=O)c1c(CC(C)(C)C(=O)O)n(Cc2ccc(Cl)cc2)c2ccc(O[C@H](C(C)=O)C3Cc4ccccc4N3)cc12. The lowest BCUT2D eigenvalue weighted by atomic mass is 9.86. The van der Waals surface area contributed by atoms with E-state index >= 15 is 0 Å². The van der Waals surface area contributed by atoms with Gasteiger partial charge in [0.1, 0.15) is 5.75 Å². The average molecular weight is 573 g/mol. The summed E-state index contributed by atoms with van der Waals surface area (Å²) >= 11 is 6.10. The monoisotopic (exact) mass is 572 g/mol. The maximum atomic E-state index is 13.1. The minimum atomic E-state index is -1.11. The van der Waals surface area contributed by atoms with Gasteiger partial charge in [-0.3, -0.25) is 14.4 Å². The molecule has 1 aliphatic heterocycles. The number of nitrogens with zero attached hydrogens (tertiary/aromatic N) is 1. The number of carboxylic acids is 1. The Kier molecular flexibility index (Phi) is 7.66. The molecule has 5 rings (SSSR count). The van der Waals surface area contributed by atoms with Crippen LogP contribution in [0.1, 0.15) is 54.9 Å². The first-order chi connectivity index (χ1) is 19.4. The minimum absolute atomic E-state index is 0.105. The third-order valence-corrected chi connectivity index (χ3v) is 8.02. The average Bonchev–Trinajstić information content (AvgIpc) is 3.47. The predicted octanol–water partition coefficient (Wildman–Crippen LogP) is 6.57. The lowest BCUT2D eigenvalue weighted by Gasteiger charge is -2.23. The zero-order chi connectivity index (χ0) is 29.5. The number of hydrogen-bond acceptors (Lipinski definition) is 5. The molecule has 0 saturated heterocycles. The van der Waals surface area contributed by atoms with Crippen molar-refractivity contribution in [2.45, 2.75) is 59.2 Å². The van der Waals surface area contributed by atoms with Crippen LogP contribution >= 0.6 is 11.6 Å². The number of ketones is 2. The summed E-state index contributed by atoms with van der Waals surface area (Å²) in [5.74, 6) is -0.764. The molecule has 0 spiro atoms. The molecule has 8 heteroatoms. The second-order valence-electron chi connectivity index (χ2n) is 11.4. The molecule has 0 radical (unpaired) electrons. The molecule has 0 saturated carbocycles. The van der Waals surface area contributed by atoms with E-state index in [1.807, 2.05) is 47.0 Å². The number of nitrogens with one attached hydrogen (secondary N) is 1. The Labute approximate surface area is 244 Å². The molecule has 2 N–H and O–H groups in total. The highest BCUT2D eigenvalue weighted by molar-refractivity contribution is 6.30. The second kappa shape index (κ2) is 11.1. The quantitative estimate of drug-likeness (QED) is 0.209. The van der Waals surface area contributed by atoms with Crippen molar-refractivity contribution in [1.82, 2.24) is 4.57 Å². The number of anilines is 1. The molecular formula is C33H33ClN2O5. The molecule has 4 aromatic rings. The highest BCUT2D eigenvalue weighted by atomic mass is 35.5. The van der Waals surface area contributed by atoms with Gasteiger partial charge in [0, 0.05) is 45.8 Å². The van der Waals surface area contributed by atoms with E-state index in [0.717, 1.165) is 22.3 Å². The van der Waals surface area contributed by atoms with Crippen molar-refractivity contribution in [1.29, 1.82) is 0 Å². The summed E-state index contributed by atoms with van der Waals surface area (Å²) in [4.78, 5) is 38.0. The number of benzene rings is 3. The Bertz CT molecular complexity index is 1630. The molecule has 1 aromatic heterocycles. The first-order valence-electron chi connectivity index (χ1n) is 13.6. The summed E-state index contributed by atoms with van der Waals surface area (Å²) in [6, 6.07) is 20.6. The number of halogens is 1. The third kappa shape index (κ3) is 5.72. The molecule has 2 atom stereocenters. The summed E-state index contributed by atoms with van der Waals surface area (Å²) in [5.41, 5.74) is 3.85. The van der Waals surface area contributed by atoms with Crippen LogP contribution in [-0.4, -0.2) is 39.4 Å². The molecule has 1 aliphatic rings. The number of ether oxygens (including phenoxy) is 1. The standard InChI is InChI=1S/C33H33ClN2O5/c1-19(37)30-25-16-24(41-31(20(2)38)27-15-22-7-5-6-8-26(22)35-27)13-14-28(25)36(18-21-9-11-23(34)12-10-21)29(30)17-33(3,4)32(39)40/h5-14,16,27,31,35H,15,17-18H2,1-4H3,(H,39,40)/t27?,31-/m1/s1. The fraction of sp³-hybridized carbons (Fsp3) is 0.303. The van der Waals surface area contributed by atoms with E-state index in [0.29, 0.717) is 40.4 Å². The zero-order valence-electron chi connectivity index (χ0n) is 23.5. The Balaban J connectivity index is 1.58. The molecule has 0 fully saturated rings. The van der Waals surface area contributed by atoms with Gasteiger partial charge in [-0.15, -0.1) is 0 Å². The fourth-order valence-corrected chi connectivity index (χ4v) is 5.71. The lowest BCUT2D eigenvalue weighted by Crippen LogP contribution is -2.41. The molecule has 1 unspecified atom stereocenters. The molecule has 0 bridgehead atoms. The maximum Gasteiger partial charge on any atom is 0.309 e. The number of Topliss-reactive ketones (excluding diaryl/α,β-unsaturated/α-hetero) is 2. The highest BCUT2D eigenvalue weighted by Gasteiger charge is 2.34. The Hall–Kier alpha value is -4.10. The number of carboxylic acid groups (broad SMARTS) is 1. The molecule has 2 heterocycles. The third-order valence-electron chi connectivity index (χ3n) is 7.76. The van der Waals surface area contributed by atoms with E-state index in [1.165, 1.54) is 13.8 Å². The van der Waals surface area contributed by atoms with Gasteiger partial charge in [0.15, 0.2) is 17.7 Å². The predicted molar refractivity (Wildman–Crippen MR) is 160 cm³/mol. The van der Waals surface area contributed by atoms with Gasteiger partial charge in [0.2, 0.25) is 0 Å². The van der Waals surface area contributed by atoms with Crippen LogP contribution in [0.3, 0.4) is 0 Å². The van der Waals surface area contributed by atoms with Crippen molar-refractivity contribution in [3.63, 3.8) is 0 Å². The van der Waals surface area contributed by atoms with E-state index in [-0.39, 0.29) is 24.0 Å². The van der Waals surface area contributed by atoms with Gasteiger partial charge >= 0.3 is 5.97 Å². The van der Waals surface area contributed by atoms with Gasteiger partial charge < -0.3 is 19.7 Å². The number of carbonyl (C=O) groups is 3. The first kappa shape index (κ1) is 28.4. The van der Waals surface area contributed by atoms with E-state index in [4.69, 9.17) is 16.3 Å². The number of para-hydroxylation sites is 1. The van der Waals surface area contributed by atoms with Gasteiger partial charge in [-0.2, -0.15) is 0 Å². The molecule has 0 aliphatic carbocycles. The van der Waals surface area contributed by atoms with Crippen LogP contribution in [-0.2, 0) is 29.0 Å². The van der Waals surface area contributed by atoms with Crippen molar-refractivity contribution in [2.75, 3.05) is 5.32 Å². The molecule has 7 nitrogen and oxygen atoms in total. The minimum Gasteiger partial charge on any atom is -0.481 e. The van der Waals surface area contributed by atoms with Crippen LogP contribution in [0, 0.1) is 5.41 Å². The number of fused-ring (bicyclic) bond motifs is 2. The zero-order valence-corrected chi connectivity index (χ0v) is 24.3. The van der Waals surface area contributed by atoms with Gasteiger partial charge in [-0.05, 0) is 81.6 Å². The molecule has 3 aromatic carbocycles. The first-order valence-corrected chi connectivity index (χ1v) is 14.0. The van der Waals surface area contributed by atoms with Crippen LogP contribution in [0.5, 0.6) is 5.75 Å². The second-order valence-corrected chi connectivity index (χ2v) is 11.8. The summed E-state index contributed by atoms with van der Waals surface area (Å²) < 4.78 is 8.31. The Morgan fingerprint density at radius 2 is 1.78 bits per heavy atom. The van der Waals surface area contributed by atoms with Crippen LogP contribution in [0.15, 0.2) is 66.7 Å². The number of rotatable bonds is 10. The summed E-state index contributed by atoms with van der Waals surface area (Å²) in [7, 11) is 0. The molecule has 41 heavy (non-hydrogen) atoms. The number of hydrogen-bond donors (Lipinski definition) is 2. The molecule has 0 amide bonds. The smallest absolute Gasteiger partial charge is 0.309 e. The van der Waals surface area contributed by atoms with Gasteiger partial charge in [0.25, 0.3) is 0 Å². The molecule has 212 valence electrons. The largest absolute Gasteiger partial charge is 0.481 e. The Morgan fingerprint density at radius 3 is 2.41 bits per heavy atom. The summed E-state index contributed by atoms with van der Waals surface area (Å²) in [6.45, 7) is 6.74. The van der Waals surface area contributed by atoms with Crippen molar-refractivity contribution >= 4 is 45.7 Å². The van der Waals surface area contributed by atoms with E-state index in [1.54, 1.807) is 38.1 Å². The van der Waals surface area contributed by atoms with E-state index < -0.39 is 17.5 Å². The summed E-state index contributed by atoms with van der Waals surface area (Å²) in [6.07, 6.45) is 0.0747. The lowest BCUT2D eigenvalue weighted by molar-refractivity contribution is -0.146. The van der Waals surface area contributed by atoms with Crippen molar-refractivity contribution in [3.8, 4) is 5.75 Å². The van der Waals surface area contributed by atoms with Crippen molar-refractivity contribution < 1.29 is 24.2 Å².